The van der Waals surface area contributed by atoms with E-state index in [1.54, 1.807) is 30.3 Å². The number of aromatic hydroxyl groups is 1. The first kappa shape index (κ1) is 12.5. The van der Waals surface area contributed by atoms with Gasteiger partial charge in [0, 0.05) is 0 Å². The largest absolute Gasteiger partial charge is 0.505 e. The predicted octanol–water partition coefficient (Wildman–Crippen LogP) is 2.10. The number of nitriles is 1. The Morgan fingerprint density at radius 3 is 2.68 bits per heavy atom. The maximum atomic E-state index is 12.0. The third-order valence-electron chi connectivity index (χ3n) is 2.61. The molecule has 94 valence electrons. The molecule has 0 heterocycles. The van der Waals surface area contributed by atoms with Crippen molar-refractivity contribution in [1.29, 1.82) is 5.26 Å². The first-order chi connectivity index (χ1) is 9.13. The van der Waals surface area contributed by atoms with Gasteiger partial charge in [0.1, 0.15) is 6.07 Å². The Morgan fingerprint density at radius 1 is 1.21 bits per heavy atom. The van der Waals surface area contributed by atoms with E-state index in [4.69, 9.17) is 11.0 Å². The topological polar surface area (TPSA) is 99.1 Å². The number of nitrogens with zero attached hydrogens (tertiary/aromatic N) is 1. The van der Waals surface area contributed by atoms with Gasteiger partial charge >= 0.3 is 0 Å². The van der Waals surface area contributed by atoms with Crippen LogP contribution in [0.2, 0.25) is 0 Å². The Hall–Kier alpha value is -3.00. The third kappa shape index (κ3) is 2.48. The molecule has 19 heavy (non-hydrogen) atoms. The van der Waals surface area contributed by atoms with Crippen LogP contribution in [0.5, 0.6) is 5.75 Å². The van der Waals surface area contributed by atoms with Gasteiger partial charge < -0.3 is 16.2 Å². The summed E-state index contributed by atoms with van der Waals surface area (Å²) in [6, 6.07) is 13.1. The summed E-state index contributed by atoms with van der Waals surface area (Å²) in [5.74, 6) is -0.790. The SMILES string of the molecule is N#Cc1ccccc1NC(=O)c1cccc(N)c1O. The van der Waals surface area contributed by atoms with Crippen molar-refractivity contribution >= 4 is 17.3 Å². The second-order valence-corrected chi connectivity index (χ2v) is 3.85. The van der Waals surface area contributed by atoms with Crippen LogP contribution in [0, 0.1) is 11.3 Å². The molecule has 2 aromatic rings. The van der Waals surface area contributed by atoms with E-state index in [-0.39, 0.29) is 17.0 Å². The Bertz CT molecular complexity index is 675. The lowest BCUT2D eigenvalue weighted by atomic mass is 10.1. The van der Waals surface area contributed by atoms with E-state index in [1.165, 1.54) is 12.1 Å². The number of amides is 1. The number of carbonyl (C=O) groups excluding carboxylic acids is 1. The monoisotopic (exact) mass is 253 g/mol. The lowest BCUT2D eigenvalue weighted by molar-refractivity contribution is 0.102. The minimum absolute atomic E-state index is 0.0627. The number of anilines is 2. The molecule has 0 saturated heterocycles. The van der Waals surface area contributed by atoms with E-state index < -0.39 is 5.91 Å². The molecule has 0 atom stereocenters. The fraction of sp³-hybridized carbons (Fsp3) is 0. The number of nitrogen functional groups attached to an aromatic ring is 1. The molecule has 0 aromatic heterocycles. The quantitative estimate of drug-likeness (QED) is 0.563. The van der Waals surface area contributed by atoms with Crippen LogP contribution in [0.3, 0.4) is 0 Å². The number of hydrogen-bond acceptors (Lipinski definition) is 4. The Balaban J connectivity index is 2.32. The first-order valence-corrected chi connectivity index (χ1v) is 5.51. The molecule has 0 aliphatic carbocycles. The molecule has 4 N–H and O–H groups in total. The second kappa shape index (κ2) is 5.10. The zero-order valence-corrected chi connectivity index (χ0v) is 9.92. The molecule has 0 bridgehead atoms. The maximum absolute atomic E-state index is 12.0. The Labute approximate surface area is 109 Å². The van der Waals surface area contributed by atoms with E-state index in [0.717, 1.165) is 0 Å². The van der Waals surface area contributed by atoms with Crippen molar-refractivity contribution in [1.82, 2.24) is 0 Å². The Morgan fingerprint density at radius 2 is 1.95 bits per heavy atom. The van der Waals surface area contributed by atoms with Crippen LogP contribution in [0.15, 0.2) is 42.5 Å². The van der Waals surface area contributed by atoms with Crippen molar-refractivity contribution in [3.63, 3.8) is 0 Å². The lowest BCUT2D eigenvalue weighted by Gasteiger charge is -2.09. The minimum atomic E-state index is -0.521. The van der Waals surface area contributed by atoms with Gasteiger partial charge in [0.25, 0.3) is 5.91 Å². The molecular weight excluding hydrogens is 242 g/mol. The van der Waals surface area contributed by atoms with Crippen LogP contribution in [-0.4, -0.2) is 11.0 Å². The van der Waals surface area contributed by atoms with Crippen LogP contribution in [0.4, 0.5) is 11.4 Å². The van der Waals surface area contributed by atoms with Crippen molar-refractivity contribution in [2.75, 3.05) is 11.1 Å². The van der Waals surface area contributed by atoms with Crippen molar-refractivity contribution in [2.45, 2.75) is 0 Å². The highest BCUT2D eigenvalue weighted by molar-refractivity contribution is 6.07. The summed E-state index contributed by atoms with van der Waals surface area (Å²) in [6.45, 7) is 0. The number of nitrogens with two attached hydrogens (primary N) is 1. The lowest BCUT2D eigenvalue weighted by Crippen LogP contribution is -2.13. The summed E-state index contributed by atoms with van der Waals surface area (Å²) >= 11 is 0. The molecule has 1 amide bonds. The van der Waals surface area contributed by atoms with Gasteiger partial charge in [0.05, 0.1) is 22.5 Å². The number of para-hydroxylation sites is 2. The molecule has 0 fully saturated rings. The van der Waals surface area contributed by atoms with Crippen molar-refractivity contribution in [3.8, 4) is 11.8 Å². The molecule has 2 rings (SSSR count). The molecule has 5 heteroatoms. The molecule has 0 spiro atoms. The summed E-state index contributed by atoms with van der Waals surface area (Å²) in [5.41, 5.74) is 6.45. The number of phenolic OH excluding ortho intramolecular Hbond substituents is 1. The average molecular weight is 253 g/mol. The first-order valence-electron chi connectivity index (χ1n) is 5.51. The van der Waals surface area contributed by atoms with Gasteiger partial charge in [-0.05, 0) is 24.3 Å². The number of rotatable bonds is 2. The summed E-state index contributed by atoms with van der Waals surface area (Å²) in [5, 5.41) is 21.2. The summed E-state index contributed by atoms with van der Waals surface area (Å²) in [4.78, 5) is 12.0. The van der Waals surface area contributed by atoms with Gasteiger partial charge in [-0.15, -0.1) is 0 Å². The highest BCUT2D eigenvalue weighted by Crippen LogP contribution is 2.25. The van der Waals surface area contributed by atoms with Gasteiger partial charge in [-0.25, -0.2) is 0 Å². The van der Waals surface area contributed by atoms with E-state index in [2.05, 4.69) is 5.32 Å². The molecule has 2 aromatic carbocycles. The minimum Gasteiger partial charge on any atom is -0.505 e. The van der Waals surface area contributed by atoms with Crippen LogP contribution >= 0.6 is 0 Å². The van der Waals surface area contributed by atoms with Crippen molar-refractivity contribution in [2.24, 2.45) is 0 Å². The third-order valence-corrected chi connectivity index (χ3v) is 2.61. The molecule has 0 unspecified atom stereocenters. The number of hydrogen-bond donors (Lipinski definition) is 3. The maximum Gasteiger partial charge on any atom is 0.259 e. The zero-order chi connectivity index (χ0) is 13.8. The molecule has 5 nitrogen and oxygen atoms in total. The molecule has 0 saturated carbocycles. The van der Waals surface area contributed by atoms with Crippen LogP contribution in [0.25, 0.3) is 0 Å². The van der Waals surface area contributed by atoms with Gasteiger partial charge in [0.2, 0.25) is 0 Å². The number of phenols is 1. The smallest absolute Gasteiger partial charge is 0.259 e. The van der Waals surface area contributed by atoms with Gasteiger partial charge in [-0.2, -0.15) is 5.26 Å². The number of benzene rings is 2. The summed E-state index contributed by atoms with van der Waals surface area (Å²) in [6.07, 6.45) is 0. The van der Waals surface area contributed by atoms with E-state index in [0.29, 0.717) is 11.3 Å². The summed E-state index contributed by atoms with van der Waals surface area (Å²) in [7, 11) is 0. The van der Waals surface area contributed by atoms with Crippen LogP contribution in [-0.2, 0) is 0 Å². The van der Waals surface area contributed by atoms with Crippen LogP contribution < -0.4 is 11.1 Å². The van der Waals surface area contributed by atoms with E-state index in [9.17, 15) is 9.90 Å². The highest BCUT2D eigenvalue weighted by atomic mass is 16.3. The average Bonchev–Trinajstić information content (AvgIpc) is 2.42. The second-order valence-electron chi connectivity index (χ2n) is 3.85. The molecular formula is C14H11N3O2. The standard InChI is InChI=1S/C14H11N3O2/c15-8-9-4-1-2-7-12(9)17-14(19)10-5-3-6-11(16)13(10)18/h1-7,18H,16H2,(H,17,19). The normalized spacial score (nSPS) is 9.63. The highest BCUT2D eigenvalue weighted by Gasteiger charge is 2.14. The number of carbonyl (C=O) groups is 1. The number of nitrogens with one attached hydrogen (secondary N) is 1. The van der Waals surface area contributed by atoms with E-state index in [1.807, 2.05) is 6.07 Å². The fourth-order valence-electron chi connectivity index (χ4n) is 1.62. The summed E-state index contributed by atoms with van der Waals surface area (Å²) < 4.78 is 0. The zero-order valence-electron chi connectivity index (χ0n) is 9.92. The fourth-order valence-corrected chi connectivity index (χ4v) is 1.62. The Kier molecular flexibility index (Phi) is 3.35. The van der Waals surface area contributed by atoms with Crippen molar-refractivity contribution < 1.29 is 9.90 Å². The van der Waals surface area contributed by atoms with Gasteiger partial charge in [-0.3, -0.25) is 4.79 Å². The molecule has 0 radical (unpaired) electrons. The van der Waals surface area contributed by atoms with E-state index >= 15 is 0 Å². The van der Waals surface area contributed by atoms with Gasteiger partial charge in [-0.1, -0.05) is 18.2 Å². The predicted molar refractivity (Wildman–Crippen MR) is 71.6 cm³/mol. The van der Waals surface area contributed by atoms with Crippen molar-refractivity contribution in [3.05, 3.63) is 53.6 Å². The van der Waals surface area contributed by atoms with Gasteiger partial charge in [0.15, 0.2) is 5.75 Å². The van der Waals surface area contributed by atoms with Crippen LogP contribution in [0.1, 0.15) is 15.9 Å². The molecule has 0 aliphatic rings. The molecule has 0 aliphatic heterocycles.